The zero-order chi connectivity index (χ0) is 19.2. The number of hydrogen-bond donors (Lipinski definition) is 1. The molecule has 0 fully saturated rings. The van der Waals surface area contributed by atoms with Crippen LogP contribution in [0.5, 0.6) is 6.01 Å². The maximum absolute atomic E-state index is 11.7. The van der Waals surface area contributed by atoms with Crippen molar-refractivity contribution < 1.29 is 14.3 Å². The van der Waals surface area contributed by atoms with Crippen molar-refractivity contribution in [2.24, 2.45) is 0 Å². The molecule has 142 valence electrons. The highest BCUT2D eigenvalue weighted by Crippen LogP contribution is 2.20. The third-order valence-corrected chi connectivity index (χ3v) is 4.19. The Labute approximate surface area is 157 Å². The molecular weight excluding hydrogens is 346 g/mol. The highest BCUT2D eigenvalue weighted by Gasteiger charge is 2.12. The summed E-state index contributed by atoms with van der Waals surface area (Å²) in [5, 5.41) is 0. The summed E-state index contributed by atoms with van der Waals surface area (Å²) in [6.45, 7) is 3.27. The molecule has 8 nitrogen and oxygen atoms in total. The monoisotopic (exact) mass is 369 g/mol. The smallest absolute Gasteiger partial charge is 0.337 e. The van der Waals surface area contributed by atoms with E-state index in [1.807, 2.05) is 22.8 Å². The summed E-state index contributed by atoms with van der Waals surface area (Å²) in [6, 6.07) is 7.63. The van der Waals surface area contributed by atoms with Gasteiger partial charge in [-0.2, -0.15) is 9.97 Å². The van der Waals surface area contributed by atoms with Crippen molar-refractivity contribution in [3.05, 3.63) is 41.7 Å². The summed E-state index contributed by atoms with van der Waals surface area (Å²) in [4.78, 5) is 24.6. The van der Waals surface area contributed by atoms with Crippen molar-refractivity contribution in [2.45, 2.75) is 32.7 Å². The number of benzene rings is 1. The number of aromatic nitrogens is 4. The molecule has 0 unspecified atom stereocenters. The number of methoxy groups -OCH3 is 1. The van der Waals surface area contributed by atoms with Crippen LogP contribution in [0.1, 0.15) is 35.7 Å². The van der Waals surface area contributed by atoms with Gasteiger partial charge >= 0.3 is 12.0 Å². The second-order valence-electron chi connectivity index (χ2n) is 6.15. The molecule has 0 saturated heterocycles. The second kappa shape index (κ2) is 8.48. The SMILES string of the molecule is CCCCOc1nc(N)c2ncn(CCc3cccc(C(=O)OC)c3)c2n1. The van der Waals surface area contributed by atoms with Gasteiger partial charge in [-0.25, -0.2) is 9.78 Å². The number of esters is 1. The average Bonchev–Trinajstić information content (AvgIpc) is 3.10. The minimum absolute atomic E-state index is 0.267. The summed E-state index contributed by atoms with van der Waals surface area (Å²) < 4.78 is 12.3. The maximum Gasteiger partial charge on any atom is 0.337 e. The fourth-order valence-corrected chi connectivity index (χ4v) is 2.70. The van der Waals surface area contributed by atoms with E-state index in [0.29, 0.717) is 42.1 Å². The zero-order valence-electron chi connectivity index (χ0n) is 15.5. The fraction of sp³-hybridized carbons (Fsp3) is 0.368. The van der Waals surface area contributed by atoms with Crippen LogP contribution in [0.2, 0.25) is 0 Å². The predicted molar refractivity (Wildman–Crippen MR) is 102 cm³/mol. The molecule has 1 aromatic carbocycles. The molecule has 0 aliphatic rings. The molecule has 27 heavy (non-hydrogen) atoms. The lowest BCUT2D eigenvalue weighted by molar-refractivity contribution is 0.0600. The quantitative estimate of drug-likeness (QED) is 0.480. The highest BCUT2D eigenvalue weighted by molar-refractivity contribution is 5.89. The van der Waals surface area contributed by atoms with Gasteiger partial charge in [0, 0.05) is 6.54 Å². The lowest BCUT2D eigenvalue weighted by atomic mass is 10.1. The number of nitrogen functional groups attached to an aromatic ring is 1. The van der Waals surface area contributed by atoms with Crippen molar-refractivity contribution >= 4 is 23.0 Å². The first-order valence-corrected chi connectivity index (χ1v) is 8.90. The number of aryl methyl sites for hydroxylation is 2. The number of imidazole rings is 1. The number of rotatable bonds is 8. The van der Waals surface area contributed by atoms with E-state index >= 15 is 0 Å². The largest absolute Gasteiger partial charge is 0.465 e. The number of hydrogen-bond acceptors (Lipinski definition) is 7. The number of ether oxygens (including phenoxy) is 2. The molecule has 2 N–H and O–H groups in total. The average molecular weight is 369 g/mol. The Morgan fingerprint density at radius 2 is 2.15 bits per heavy atom. The molecule has 0 radical (unpaired) electrons. The molecule has 2 aromatic heterocycles. The summed E-state index contributed by atoms with van der Waals surface area (Å²) in [6.07, 6.45) is 4.35. The Kier molecular flexibility index (Phi) is 5.85. The molecule has 0 bridgehead atoms. The van der Waals surface area contributed by atoms with Gasteiger partial charge in [-0.3, -0.25) is 0 Å². The first kappa shape index (κ1) is 18.6. The molecule has 0 atom stereocenters. The van der Waals surface area contributed by atoms with Crippen molar-refractivity contribution in [1.82, 2.24) is 19.5 Å². The second-order valence-corrected chi connectivity index (χ2v) is 6.15. The van der Waals surface area contributed by atoms with Crippen LogP contribution in [0.15, 0.2) is 30.6 Å². The first-order valence-electron chi connectivity index (χ1n) is 8.90. The van der Waals surface area contributed by atoms with Gasteiger partial charge in [-0.1, -0.05) is 25.5 Å². The van der Waals surface area contributed by atoms with E-state index < -0.39 is 0 Å². The van der Waals surface area contributed by atoms with E-state index in [0.717, 1.165) is 18.4 Å². The number of nitrogens with zero attached hydrogens (tertiary/aromatic N) is 4. The van der Waals surface area contributed by atoms with Crippen LogP contribution in [-0.4, -0.2) is 39.2 Å². The summed E-state index contributed by atoms with van der Waals surface area (Å²) in [7, 11) is 1.37. The highest BCUT2D eigenvalue weighted by atomic mass is 16.5. The van der Waals surface area contributed by atoms with Crippen LogP contribution in [0.4, 0.5) is 5.82 Å². The molecular formula is C19H23N5O3. The van der Waals surface area contributed by atoms with Crippen LogP contribution in [0.3, 0.4) is 0 Å². The number of carbonyl (C=O) groups is 1. The Morgan fingerprint density at radius 1 is 1.30 bits per heavy atom. The summed E-state index contributed by atoms with van der Waals surface area (Å²) >= 11 is 0. The van der Waals surface area contributed by atoms with E-state index in [4.69, 9.17) is 15.2 Å². The minimum atomic E-state index is -0.348. The van der Waals surface area contributed by atoms with Crippen LogP contribution < -0.4 is 10.5 Å². The number of fused-ring (bicyclic) bond motifs is 1. The Bertz CT molecular complexity index is 938. The summed E-state index contributed by atoms with van der Waals surface area (Å²) in [5.74, 6) is -0.0442. The van der Waals surface area contributed by atoms with Crippen LogP contribution in [0.25, 0.3) is 11.2 Å². The van der Waals surface area contributed by atoms with Crippen LogP contribution >= 0.6 is 0 Å². The van der Waals surface area contributed by atoms with Crippen molar-refractivity contribution in [3.8, 4) is 6.01 Å². The molecule has 3 aromatic rings. The topological polar surface area (TPSA) is 105 Å². The zero-order valence-corrected chi connectivity index (χ0v) is 15.5. The van der Waals surface area contributed by atoms with Gasteiger partial charge in [-0.05, 0) is 30.5 Å². The van der Waals surface area contributed by atoms with Gasteiger partial charge in [0.25, 0.3) is 0 Å². The normalized spacial score (nSPS) is 10.9. The number of unbranched alkanes of at least 4 members (excludes halogenated alkanes) is 1. The van der Waals surface area contributed by atoms with E-state index in [1.165, 1.54) is 7.11 Å². The van der Waals surface area contributed by atoms with Crippen molar-refractivity contribution in [3.63, 3.8) is 0 Å². The van der Waals surface area contributed by atoms with E-state index in [1.54, 1.807) is 12.4 Å². The number of anilines is 1. The fourth-order valence-electron chi connectivity index (χ4n) is 2.70. The molecule has 0 aliphatic heterocycles. The third kappa shape index (κ3) is 4.33. The first-order chi connectivity index (χ1) is 13.1. The maximum atomic E-state index is 11.7. The lowest BCUT2D eigenvalue weighted by Crippen LogP contribution is -2.07. The Hall–Kier alpha value is -3.16. The van der Waals surface area contributed by atoms with Gasteiger partial charge in [0.2, 0.25) is 0 Å². The van der Waals surface area contributed by atoms with Crippen LogP contribution in [0, 0.1) is 0 Å². The number of nitrogens with two attached hydrogens (primary N) is 1. The minimum Gasteiger partial charge on any atom is -0.465 e. The summed E-state index contributed by atoms with van der Waals surface area (Å²) in [5.41, 5.74) is 8.73. The van der Waals surface area contributed by atoms with E-state index in [2.05, 4.69) is 21.9 Å². The lowest BCUT2D eigenvalue weighted by Gasteiger charge is -2.08. The molecule has 3 rings (SSSR count). The Morgan fingerprint density at radius 3 is 2.93 bits per heavy atom. The molecule has 8 heteroatoms. The standard InChI is InChI=1S/C19H23N5O3/c1-3-4-10-27-19-22-16(20)15-17(23-19)24(12-21-15)9-8-13-6-5-7-14(11-13)18(25)26-2/h5-7,11-12H,3-4,8-10H2,1-2H3,(H2,20,22,23). The molecule has 0 saturated carbocycles. The predicted octanol–water partition coefficient (Wildman–Crippen LogP) is 2.62. The number of carbonyl (C=O) groups excluding carboxylic acids is 1. The molecule has 2 heterocycles. The van der Waals surface area contributed by atoms with Crippen molar-refractivity contribution in [2.75, 3.05) is 19.5 Å². The molecule has 0 amide bonds. The van der Waals surface area contributed by atoms with Gasteiger partial charge in [0.15, 0.2) is 17.0 Å². The van der Waals surface area contributed by atoms with Gasteiger partial charge in [-0.15, -0.1) is 0 Å². The molecule has 0 aliphatic carbocycles. The third-order valence-electron chi connectivity index (χ3n) is 4.19. The van der Waals surface area contributed by atoms with Crippen LogP contribution in [-0.2, 0) is 17.7 Å². The van der Waals surface area contributed by atoms with E-state index in [9.17, 15) is 4.79 Å². The van der Waals surface area contributed by atoms with Crippen molar-refractivity contribution in [1.29, 1.82) is 0 Å². The van der Waals surface area contributed by atoms with Gasteiger partial charge in [0.05, 0.1) is 25.6 Å². The Balaban J connectivity index is 1.78. The van der Waals surface area contributed by atoms with Gasteiger partial charge < -0.3 is 19.8 Å². The van der Waals surface area contributed by atoms with E-state index in [-0.39, 0.29) is 12.0 Å². The molecule has 0 spiro atoms. The van der Waals surface area contributed by atoms with Gasteiger partial charge in [0.1, 0.15) is 0 Å².